The molecule has 0 unspecified atom stereocenters. The Bertz CT molecular complexity index is 1280. The molecule has 0 aliphatic rings. The van der Waals surface area contributed by atoms with Gasteiger partial charge in [0.15, 0.2) is 0 Å². The lowest BCUT2D eigenvalue weighted by molar-refractivity contribution is 0.102. The highest BCUT2D eigenvalue weighted by molar-refractivity contribution is 6.42. The van der Waals surface area contributed by atoms with Crippen LogP contribution < -0.4 is 10.1 Å². The molecular weight excluding hydrogens is 461 g/mol. The Hall–Kier alpha value is -3.29. The molecule has 1 amide bonds. The number of aromatic nitrogens is 4. The van der Waals surface area contributed by atoms with Gasteiger partial charge in [-0.05, 0) is 43.7 Å². The first-order chi connectivity index (χ1) is 15.9. The van der Waals surface area contributed by atoms with Crippen molar-refractivity contribution < 1.29 is 9.53 Å². The molecule has 1 N–H and O–H groups in total. The second kappa shape index (κ2) is 10.1. The molecule has 0 aliphatic carbocycles. The summed E-state index contributed by atoms with van der Waals surface area (Å²) in [4.78, 5) is 12.8. The van der Waals surface area contributed by atoms with E-state index >= 15 is 0 Å². The first-order valence-electron chi connectivity index (χ1n) is 10.5. The summed E-state index contributed by atoms with van der Waals surface area (Å²) < 4.78 is 9.49. The molecule has 170 valence electrons. The third kappa shape index (κ3) is 5.38. The van der Waals surface area contributed by atoms with Gasteiger partial charge >= 0.3 is 0 Å². The van der Waals surface area contributed by atoms with Gasteiger partial charge < -0.3 is 10.1 Å². The summed E-state index contributed by atoms with van der Waals surface area (Å²) in [5.74, 6) is 0.262. The summed E-state index contributed by atoms with van der Waals surface area (Å²) in [5.41, 5.74) is 4.16. The molecule has 33 heavy (non-hydrogen) atoms. The van der Waals surface area contributed by atoms with Gasteiger partial charge in [-0.25, -0.2) is 0 Å². The maximum atomic E-state index is 12.8. The van der Waals surface area contributed by atoms with Crippen LogP contribution in [0.2, 0.25) is 10.0 Å². The van der Waals surface area contributed by atoms with Crippen molar-refractivity contribution in [2.45, 2.75) is 33.5 Å². The average molecular weight is 484 g/mol. The fraction of sp³-hybridized carbons (Fsp3) is 0.208. The normalized spacial score (nSPS) is 10.9. The number of rotatable bonds is 8. The lowest BCUT2D eigenvalue weighted by Gasteiger charge is -2.10. The minimum absolute atomic E-state index is 0.229. The number of aryl methyl sites for hydroxylation is 1. The fourth-order valence-corrected chi connectivity index (χ4v) is 3.76. The van der Waals surface area contributed by atoms with Gasteiger partial charge in [0.1, 0.15) is 17.4 Å². The zero-order valence-corrected chi connectivity index (χ0v) is 19.8. The number of amides is 1. The van der Waals surface area contributed by atoms with Crippen molar-refractivity contribution in [3.63, 3.8) is 0 Å². The number of nitrogens with one attached hydrogen (secondary N) is 1. The van der Waals surface area contributed by atoms with Crippen molar-refractivity contribution in [2.75, 3.05) is 5.32 Å². The average Bonchev–Trinajstić information content (AvgIpc) is 3.41. The van der Waals surface area contributed by atoms with Crippen molar-refractivity contribution in [3.8, 4) is 5.75 Å². The van der Waals surface area contributed by atoms with E-state index in [-0.39, 0.29) is 12.5 Å². The Morgan fingerprint density at radius 3 is 2.73 bits per heavy atom. The van der Waals surface area contributed by atoms with Gasteiger partial charge in [0, 0.05) is 29.6 Å². The number of anilines is 1. The molecule has 2 heterocycles. The van der Waals surface area contributed by atoms with Gasteiger partial charge in [-0.15, -0.1) is 0 Å². The first kappa shape index (κ1) is 22.9. The number of ether oxygens (including phenoxy) is 1. The van der Waals surface area contributed by atoms with E-state index in [0.29, 0.717) is 33.6 Å². The molecule has 0 radical (unpaired) electrons. The second-order valence-electron chi connectivity index (χ2n) is 7.49. The van der Waals surface area contributed by atoms with Gasteiger partial charge in [0.2, 0.25) is 0 Å². The van der Waals surface area contributed by atoms with Gasteiger partial charge in [-0.1, -0.05) is 41.4 Å². The Balaban J connectivity index is 1.39. The van der Waals surface area contributed by atoms with Gasteiger partial charge in [0.25, 0.3) is 5.91 Å². The van der Waals surface area contributed by atoms with Crippen molar-refractivity contribution >= 4 is 34.8 Å². The smallest absolute Gasteiger partial charge is 0.255 e. The highest BCUT2D eigenvalue weighted by atomic mass is 35.5. The van der Waals surface area contributed by atoms with Crippen LogP contribution in [0, 0.1) is 6.92 Å². The predicted octanol–water partition coefficient (Wildman–Crippen LogP) is 5.59. The van der Waals surface area contributed by atoms with Crippen LogP contribution in [0.4, 0.5) is 5.69 Å². The molecule has 0 aliphatic heterocycles. The molecule has 0 saturated carbocycles. The van der Waals surface area contributed by atoms with E-state index in [0.717, 1.165) is 23.4 Å². The van der Waals surface area contributed by atoms with E-state index in [1.54, 1.807) is 47.4 Å². The SMILES string of the molecule is CCn1ncc(Cn2cc(NC(=O)c3cccc(COc4cccc(Cl)c4Cl)c3)cn2)c1C. The standard InChI is InChI=1S/C24H23Cl2N5O2/c1-3-31-16(2)19(11-28-31)13-30-14-20(12-27-30)29-24(32)18-7-4-6-17(10-18)15-33-22-9-5-8-21(25)23(22)26/h4-12,14H,3,13,15H2,1-2H3,(H,29,32). The largest absolute Gasteiger partial charge is 0.487 e. The van der Waals surface area contributed by atoms with Gasteiger partial charge in [-0.3, -0.25) is 14.2 Å². The van der Waals surface area contributed by atoms with Crippen LogP contribution >= 0.6 is 23.2 Å². The second-order valence-corrected chi connectivity index (χ2v) is 8.28. The molecular formula is C24H23Cl2N5O2. The lowest BCUT2D eigenvalue weighted by atomic mass is 10.1. The van der Waals surface area contributed by atoms with Crippen LogP contribution in [0.15, 0.2) is 61.1 Å². The van der Waals surface area contributed by atoms with Crippen LogP contribution in [0.25, 0.3) is 0 Å². The third-order valence-electron chi connectivity index (χ3n) is 5.23. The summed E-state index contributed by atoms with van der Waals surface area (Å²) in [6.07, 6.45) is 5.28. The van der Waals surface area contributed by atoms with E-state index < -0.39 is 0 Å². The Morgan fingerprint density at radius 2 is 1.94 bits per heavy atom. The Labute approximate surface area is 201 Å². The van der Waals surface area contributed by atoms with E-state index in [1.165, 1.54) is 0 Å². The number of benzene rings is 2. The van der Waals surface area contributed by atoms with Crippen LogP contribution in [0.5, 0.6) is 5.75 Å². The fourth-order valence-electron chi connectivity index (χ4n) is 3.41. The minimum atomic E-state index is -0.229. The number of halogens is 2. The molecule has 0 atom stereocenters. The summed E-state index contributed by atoms with van der Waals surface area (Å²) >= 11 is 12.2. The number of hydrogen-bond acceptors (Lipinski definition) is 4. The quantitative estimate of drug-likeness (QED) is 0.354. The number of carbonyl (C=O) groups excluding carboxylic acids is 1. The first-order valence-corrected chi connectivity index (χ1v) is 11.2. The van der Waals surface area contributed by atoms with Crippen LogP contribution in [0.1, 0.15) is 34.1 Å². The van der Waals surface area contributed by atoms with E-state index in [4.69, 9.17) is 27.9 Å². The molecule has 4 aromatic rings. The van der Waals surface area contributed by atoms with E-state index in [9.17, 15) is 4.79 Å². The molecule has 0 bridgehead atoms. The van der Waals surface area contributed by atoms with Crippen LogP contribution in [-0.2, 0) is 19.7 Å². The molecule has 7 nitrogen and oxygen atoms in total. The highest BCUT2D eigenvalue weighted by Crippen LogP contribution is 2.32. The van der Waals surface area contributed by atoms with Crippen molar-refractivity contribution in [1.82, 2.24) is 19.6 Å². The number of hydrogen-bond donors (Lipinski definition) is 1. The zero-order chi connectivity index (χ0) is 23.4. The Kier molecular flexibility index (Phi) is 7.01. The van der Waals surface area contributed by atoms with Crippen molar-refractivity contribution in [2.24, 2.45) is 0 Å². The molecule has 2 aromatic heterocycles. The summed E-state index contributed by atoms with van der Waals surface area (Å²) in [7, 11) is 0. The predicted molar refractivity (Wildman–Crippen MR) is 129 cm³/mol. The Morgan fingerprint density at radius 1 is 1.12 bits per heavy atom. The number of carbonyl (C=O) groups is 1. The van der Waals surface area contributed by atoms with Gasteiger partial charge in [0.05, 0.1) is 29.6 Å². The molecule has 0 fully saturated rings. The van der Waals surface area contributed by atoms with Crippen molar-refractivity contribution in [3.05, 3.63) is 93.5 Å². The number of nitrogens with zero attached hydrogens (tertiary/aromatic N) is 4. The summed E-state index contributed by atoms with van der Waals surface area (Å²) in [6.45, 7) is 5.75. The topological polar surface area (TPSA) is 74.0 Å². The van der Waals surface area contributed by atoms with E-state index in [2.05, 4.69) is 22.4 Å². The zero-order valence-electron chi connectivity index (χ0n) is 18.3. The highest BCUT2D eigenvalue weighted by Gasteiger charge is 2.11. The summed E-state index contributed by atoms with van der Waals surface area (Å²) in [6, 6.07) is 12.4. The van der Waals surface area contributed by atoms with Crippen molar-refractivity contribution in [1.29, 1.82) is 0 Å². The maximum Gasteiger partial charge on any atom is 0.255 e. The molecule has 0 saturated heterocycles. The maximum absolute atomic E-state index is 12.8. The molecule has 9 heteroatoms. The summed E-state index contributed by atoms with van der Waals surface area (Å²) in [5, 5.41) is 12.4. The van der Waals surface area contributed by atoms with Crippen LogP contribution in [-0.4, -0.2) is 25.5 Å². The molecule has 4 rings (SSSR count). The van der Waals surface area contributed by atoms with Crippen LogP contribution in [0.3, 0.4) is 0 Å². The van der Waals surface area contributed by atoms with Gasteiger partial charge in [-0.2, -0.15) is 10.2 Å². The monoisotopic (exact) mass is 483 g/mol. The molecule has 2 aromatic carbocycles. The van der Waals surface area contributed by atoms with E-state index in [1.807, 2.05) is 29.9 Å². The minimum Gasteiger partial charge on any atom is -0.487 e. The molecule has 0 spiro atoms. The lowest BCUT2D eigenvalue weighted by Crippen LogP contribution is -2.12. The third-order valence-corrected chi connectivity index (χ3v) is 6.03.